The van der Waals surface area contributed by atoms with Crippen molar-refractivity contribution in [2.24, 2.45) is 4.99 Å². The molecule has 0 spiro atoms. The fourth-order valence-electron chi connectivity index (χ4n) is 2.28. The molecule has 0 aliphatic heterocycles. The van der Waals surface area contributed by atoms with Crippen LogP contribution < -0.4 is 10.6 Å². The van der Waals surface area contributed by atoms with Crippen LogP contribution in [0, 0.1) is 0 Å². The summed E-state index contributed by atoms with van der Waals surface area (Å²) in [5.74, 6) is 1.31. The molecule has 136 valence electrons. The number of rotatable bonds is 5. The van der Waals surface area contributed by atoms with Crippen LogP contribution in [0.15, 0.2) is 70.3 Å². The normalized spacial score (nSPS) is 10.9. The molecule has 0 amide bonds. The largest absolute Gasteiger partial charge is 0.444 e. The Hall–Kier alpha value is -2.06. The second-order valence-electron chi connectivity index (χ2n) is 5.42. The predicted molar refractivity (Wildman–Crippen MR) is 116 cm³/mol. The van der Waals surface area contributed by atoms with Crippen LogP contribution in [0.1, 0.15) is 11.3 Å². The molecule has 0 bridgehead atoms. The molecule has 0 fully saturated rings. The number of oxazole rings is 1. The summed E-state index contributed by atoms with van der Waals surface area (Å²) in [6, 6.07) is 17.5. The number of benzene rings is 2. The van der Waals surface area contributed by atoms with E-state index in [1.165, 1.54) is 0 Å². The second kappa shape index (κ2) is 10.2. The summed E-state index contributed by atoms with van der Waals surface area (Å²) in [5.41, 5.74) is 2.90. The number of halogens is 2. The van der Waals surface area contributed by atoms with Crippen molar-refractivity contribution >= 4 is 41.5 Å². The Balaban J connectivity index is 0.00000243. The first-order chi connectivity index (χ1) is 12.2. The minimum absolute atomic E-state index is 0. The van der Waals surface area contributed by atoms with Crippen LogP contribution >= 0.6 is 35.6 Å². The quantitative estimate of drug-likeness (QED) is 0.320. The van der Waals surface area contributed by atoms with Gasteiger partial charge >= 0.3 is 0 Å². The van der Waals surface area contributed by atoms with E-state index in [0.717, 1.165) is 21.8 Å². The van der Waals surface area contributed by atoms with Crippen molar-refractivity contribution in [3.05, 3.63) is 77.1 Å². The summed E-state index contributed by atoms with van der Waals surface area (Å²) < 4.78 is 5.53. The van der Waals surface area contributed by atoms with Gasteiger partial charge in [0.1, 0.15) is 6.26 Å². The van der Waals surface area contributed by atoms with Crippen LogP contribution in [0.5, 0.6) is 0 Å². The van der Waals surface area contributed by atoms with E-state index in [4.69, 9.17) is 16.0 Å². The third-order valence-electron chi connectivity index (χ3n) is 3.61. The Morgan fingerprint density at radius 3 is 2.42 bits per heavy atom. The van der Waals surface area contributed by atoms with E-state index in [1.807, 2.05) is 54.6 Å². The van der Waals surface area contributed by atoms with Gasteiger partial charge in [0.05, 0.1) is 12.2 Å². The molecule has 0 aliphatic carbocycles. The first-order valence-electron chi connectivity index (χ1n) is 7.93. The molecule has 7 heteroatoms. The van der Waals surface area contributed by atoms with Crippen molar-refractivity contribution in [3.8, 4) is 11.5 Å². The second-order valence-corrected chi connectivity index (χ2v) is 5.85. The molecule has 2 aromatic carbocycles. The van der Waals surface area contributed by atoms with Crippen molar-refractivity contribution in [2.45, 2.75) is 13.1 Å². The molecule has 5 nitrogen and oxygen atoms in total. The van der Waals surface area contributed by atoms with E-state index in [1.54, 1.807) is 13.3 Å². The highest BCUT2D eigenvalue weighted by atomic mass is 127. The fraction of sp³-hybridized carbons (Fsp3) is 0.158. The molecule has 0 unspecified atom stereocenters. The van der Waals surface area contributed by atoms with E-state index >= 15 is 0 Å². The van der Waals surface area contributed by atoms with Gasteiger partial charge in [0.2, 0.25) is 5.89 Å². The maximum Gasteiger partial charge on any atom is 0.226 e. The molecule has 26 heavy (non-hydrogen) atoms. The molecule has 0 saturated heterocycles. The molecule has 3 rings (SSSR count). The lowest BCUT2D eigenvalue weighted by Crippen LogP contribution is -2.36. The van der Waals surface area contributed by atoms with E-state index in [-0.39, 0.29) is 24.0 Å². The Bertz CT molecular complexity index is 834. The zero-order valence-corrected chi connectivity index (χ0v) is 17.4. The van der Waals surface area contributed by atoms with Gasteiger partial charge < -0.3 is 15.1 Å². The smallest absolute Gasteiger partial charge is 0.226 e. The van der Waals surface area contributed by atoms with Gasteiger partial charge in [0.25, 0.3) is 0 Å². The van der Waals surface area contributed by atoms with Gasteiger partial charge in [-0.05, 0) is 29.8 Å². The predicted octanol–water partition coefficient (Wildman–Crippen LogP) is 4.48. The molecule has 0 atom stereocenters. The standard InChI is InChI=1S/C19H19ClN4O.HI/c1-21-19(22-11-14-7-9-16(20)10-8-14)23-12-17-13-25-18(24-17)15-5-3-2-4-6-15;/h2-10,13H,11-12H2,1H3,(H2,21,22,23);1H. The molecule has 2 N–H and O–H groups in total. The van der Waals surface area contributed by atoms with Crippen LogP contribution in [-0.2, 0) is 13.1 Å². The summed E-state index contributed by atoms with van der Waals surface area (Å²) >= 11 is 5.89. The highest BCUT2D eigenvalue weighted by molar-refractivity contribution is 14.0. The van der Waals surface area contributed by atoms with Crippen molar-refractivity contribution in [2.75, 3.05) is 7.05 Å². The minimum atomic E-state index is 0. The number of nitrogens with one attached hydrogen (secondary N) is 2. The number of aromatic nitrogens is 1. The van der Waals surface area contributed by atoms with Gasteiger partial charge in [-0.3, -0.25) is 4.99 Å². The van der Waals surface area contributed by atoms with Gasteiger partial charge in [0, 0.05) is 24.2 Å². The zero-order valence-electron chi connectivity index (χ0n) is 14.3. The highest BCUT2D eigenvalue weighted by Crippen LogP contribution is 2.17. The summed E-state index contributed by atoms with van der Waals surface area (Å²) in [5, 5.41) is 7.20. The lowest BCUT2D eigenvalue weighted by atomic mass is 10.2. The third kappa shape index (κ3) is 5.74. The number of nitrogens with zero attached hydrogens (tertiary/aromatic N) is 2. The van der Waals surface area contributed by atoms with Gasteiger partial charge in [0.15, 0.2) is 5.96 Å². The van der Waals surface area contributed by atoms with Gasteiger partial charge in [-0.2, -0.15) is 0 Å². The molecular formula is C19H20ClIN4O. The molecule has 0 radical (unpaired) electrons. The van der Waals surface area contributed by atoms with E-state index in [0.29, 0.717) is 24.9 Å². The molecule has 0 aliphatic rings. The monoisotopic (exact) mass is 482 g/mol. The van der Waals surface area contributed by atoms with E-state index < -0.39 is 0 Å². The Labute approximate surface area is 174 Å². The first kappa shape index (κ1) is 20.3. The molecular weight excluding hydrogens is 463 g/mol. The lowest BCUT2D eigenvalue weighted by Gasteiger charge is -2.10. The maximum absolute atomic E-state index is 5.89. The van der Waals surface area contributed by atoms with Gasteiger partial charge in [-0.1, -0.05) is 41.9 Å². The molecule has 1 heterocycles. The number of hydrogen-bond acceptors (Lipinski definition) is 3. The van der Waals surface area contributed by atoms with Crippen LogP contribution in [-0.4, -0.2) is 18.0 Å². The highest BCUT2D eigenvalue weighted by Gasteiger charge is 2.07. The molecule has 3 aromatic rings. The van der Waals surface area contributed by atoms with E-state index in [2.05, 4.69) is 20.6 Å². The number of hydrogen-bond donors (Lipinski definition) is 2. The summed E-state index contributed by atoms with van der Waals surface area (Å²) in [7, 11) is 1.73. The fourth-order valence-corrected chi connectivity index (χ4v) is 2.41. The Kier molecular flexibility index (Phi) is 7.93. The molecule has 0 saturated carbocycles. The Morgan fingerprint density at radius 2 is 1.73 bits per heavy atom. The Morgan fingerprint density at radius 1 is 1.04 bits per heavy atom. The zero-order chi connectivity index (χ0) is 17.5. The molecule has 1 aromatic heterocycles. The topological polar surface area (TPSA) is 62.5 Å². The van der Waals surface area contributed by atoms with Crippen LogP contribution in [0.25, 0.3) is 11.5 Å². The maximum atomic E-state index is 5.89. The van der Waals surface area contributed by atoms with Crippen LogP contribution in [0.3, 0.4) is 0 Å². The van der Waals surface area contributed by atoms with Gasteiger partial charge in [-0.25, -0.2) is 4.98 Å². The summed E-state index contributed by atoms with van der Waals surface area (Å²) in [4.78, 5) is 8.70. The van der Waals surface area contributed by atoms with Crippen LogP contribution in [0.4, 0.5) is 0 Å². The van der Waals surface area contributed by atoms with E-state index in [9.17, 15) is 0 Å². The van der Waals surface area contributed by atoms with Gasteiger partial charge in [-0.15, -0.1) is 24.0 Å². The van der Waals surface area contributed by atoms with Crippen LogP contribution in [0.2, 0.25) is 5.02 Å². The number of guanidine groups is 1. The third-order valence-corrected chi connectivity index (χ3v) is 3.86. The first-order valence-corrected chi connectivity index (χ1v) is 8.31. The minimum Gasteiger partial charge on any atom is -0.444 e. The van der Waals surface area contributed by atoms with Crippen molar-refractivity contribution in [3.63, 3.8) is 0 Å². The SMILES string of the molecule is CN=C(NCc1ccc(Cl)cc1)NCc1coc(-c2ccccc2)n1.I. The van der Waals surface area contributed by atoms with Crippen molar-refractivity contribution in [1.29, 1.82) is 0 Å². The average molecular weight is 483 g/mol. The van der Waals surface area contributed by atoms with Crippen molar-refractivity contribution < 1.29 is 4.42 Å². The summed E-state index contributed by atoms with van der Waals surface area (Å²) in [6.07, 6.45) is 1.65. The lowest BCUT2D eigenvalue weighted by molar-refractivity contribution is 0.572. The summed E-state index contributed by atoms with van der Waals surface area (Å²) in [6.45, 7) is 1.18. The number of aliphatic imine (C=N–C) groups is 1. The van der Waals surface area contributed by atoms with Crippen molar-refractivity contribution in [1.82, 2.24) is 15.6 Å². The average Bonchev–Trinajstić information content (AvgIpc) is 3.13.